The van der Waals surface area contributed by atoms with Crippen LogP contribution in [-0.2, 0) is 16.9 Å². The van der Waals surface area contributed by atoms with Gasteiger partial charge in [-0.15, -0.1) is 0 Å². The summed E-state index contributed by atoms with van der Waals surface area (Å²) in [6.07, 6.45) is 0. The van der Waals surface area contributed by atoms with Gasteiger partial charge >= 0.3 is 6.03 Å². The van der Waals surface area contributed by atoms with E-state index in [-0.39, 0.29) is 18.5 Å². The van der Waals surface area contributed by atoms with Crippen LogP contribution in [0, 0.1) is 6.92 Å². The Hall–Kier alpha value is -2.34. The van der Waals surface area contributed by atoms with E-state index in [0.717, 1.165) is 21.2 Å². The molecule has 1 atom stereocenters. The van der Waals surface area contributed by atoms with Crippen LogP contribution in [0.5, 0.6) is 5.75 Å². The van der Waals surface area contributed by atoms with E-state index in [1.165, 1.54) is 4.90 Å². The third-order valence-corrected chi connectivity index (χ3v) is 5.08. The molecule has 0 spiro atoms. The summed E-state index contributed by atoms with van der Waals surface area (Å²) in [4.78, 5) is 26.6. The number of rotatable bonds is 4. The predicted octanol–water partition coefficient (Wildman–Crippen LogP) is 3.73. The first-order chi connectivity index (χ1) is 11.8. The molecule has 130 valence electrons. The molecule has 1 saturated heterocycles. The molecule has 1 aliphatic rings. The molecule has 1 unspecified atom stereocenters. The van der Waals surface area contributed by atoms with Crippen molar-refractivity contribution in [2.24, 2.45) is 0 Å². The topological polar surface area (TPSA) is 58.6 Å². The lowest BCUT2D eigenvalue weighted by molar-refractivity contribution is -0.131. The number of methoxy groups -OCH3 is 1. The average Bonchev–Trinajstić information content (AvgIpc) is 2.80. The molecule has 0 radical (unpaired) electrons. The van der Waals surface area contributed by atoms with E-state index >= 15 is 0 Å². The molecule has 0 aliphatic carbocycles. The number of nitrogens with zero attached hydrogens (tertiary/aromatic N) is 1. The van der Waals surface area contributed by atoms with Crippen molar-refractivity contribution in [1.29, 1.82) is 0 Å². The molecule has 1 heterocycles. The Labute approximate surface area is 155 Å². The van der Waals surface area contributed by atoms with E-state index in [2.05, 4.69) is 21.2 Å². The van der Waals surface area contributed by atoms with Gasteiger partial charge in [0.25, 0.3) is 5.91 Å². The minimum Gasteiger partial charge on any atom is -0.496 e. The van der Waals surface area contributed by atoms with Gasteiger partial charge < -0.3 is 10.1 Å². The summed E-state index contributed by atoms with van der Waals surface area (Å²) < 4.78 is 5.98. The number of carbonyl (C=O) groups is 2. The molecule has 0 saturated carbocycles. The summed E-state index contributed by atoms with van der Waals surface area (Å²) in [5, 5.41) is 2.82. The summed E-state index contributed by atoms with van der Waals surface area (Å²) in [6, 6.07) is 12.7. The van der Waals surface area contributed by atoms with Crippen LogP contribution in [0.3, 0.4) is 0 Å². The molecule has 25 heavy (non-hydrogen) atoms. The predicted molar refractivity (Wildman–Crippen MR) is 98.3 cm³/mol. The van der Waals surface area contributed by atoms with Gasteiger partial charge in [-0.1, -0.05) is 35.9 Å². The Bertz CT molecular complexity index is 835. The van der Waals surface area contributed by atoms with Crippen molar-refractivity contribution in [1.82, 2.24) is 10.2 Å². The minimum absolute atomic E-state index is 0.203. The summed E-state index contributed by atoms with van der Waals surface area (Å²) in [5.41, 5.74) is 1.66. The molecule has 0 aromatic heterocycles. The van der Waals surface area contributed by atoms with Gasteiger partial charge in [0.2, 0.25) is 0 Å². The monoisotopic (exact) mass is 402 g/mol. The largest absolute Gasteiger partial charge is 0.496 e. The number of ether oxygens (including phenoxy) is 1. The number of hydrogen-bond donors (Lipinski definition) is 1. The molecular formula is C19H19BrN2O3. The van der Waals surface area contributed by atoms with E-state index in [1.807, 2.05) is 43.3 Å². The summed E-state index contributed by atoms with van der Waals surface area (Å²) in [7, 11) is 1.59. The Morgan fingerprint density at radius 3 is 2.44 bits per heavy atom. The van der Waals surface area contributed by atoms with Gasteiger partial charge in [0.1, 0.15) is 11.3 Å². The van der Waals surface area contributed by atoms with E-state index in [0.29, 0.717) is 5.75 Å². The minimum atomic E-state index is -1.05. The van der Waals surface area contributed by atoms with Crippen molar-refractivity contribution >= 4 is 27.9 Å². The van der Waals surface area contributed by atoms with Gasteiger partial charge in [0, 0.05) is 0 Å². The van der Waals surface area contributed by atoms with Crippen LogP contribution in [0.15, 0.2) is 46.9 Å². The molecule has 0 bridgehead atoms. The van der Waals surface area contributed by atoms with Crippen LogP contribution in [0.2, 0.25) is 0 Å². The lowest BCUT2D eigenvalue weighted by Gasteiger charge is -2.22. The van der Waals surface area contributed by atoms with E-state index in [9.17, 15) is 9.59 Å². The number of carbonyl (C=O) groups excluding carboxylic acids is 2. The Morgan fingerprint density at radius 1 is 1.16 bits per heavy atom. The second-order valence-electron chi connectivity index (χ2n) is 6.28. The zero-order chi connectivity index (χ0) is 18.2. The summed E-state index contributed by atoms with van der Waals surface area (Å²) >= 11 is 3.42. The van der Waals surface area contributed by atoms with Crippen molar-refractivity contribution in [3.05, 3.63) is 63.6 Å². The lowest BCUT2D eigenvalue weighted by Crippen LogP contribution is -2.40. The SMILES string of the molecule is COc1ccc(CN2C(=O)NC(C)(c3ccc(C)cc3)C2=O)cc1Br. The van der Waals surface area contributed by atoms with Crippen LogP contribution < -0.4 is 10.1 Å². The van der Waals surface area contributed by atoms with E-state index < -0.39 is 5.54 Å². The van der Waals surface area contributed by atoms with Crippen LogP contribution in [-0.4, -0.2) is 23.9 Å². The number of amides is 3. The lowest BCUT2D eigenvalue weighted by atomic mass is 9.91. The first kappa shape index (κ1) is 17.5. The number of urea groups is 1. The summed E-state index contributed by atoms with van der Waals surface area (Å²) in [6.45, 7) is 3.92. The molecule has 1 N–H and O–H groups in total. The number of hydrogen-bond acceptors (Lipinski definition) is 3. The Morgan fingerprint density at radius 2 is 1.84 bits per heavy atom. The van der Waals surface area contributed by atoms with Crippen molar-refractivity contribution < 1.29 is 14.3 Å². The molecule has 5 nitrogen and oxygen atoms in total. The number of aryl methyl sites for hydroxylation is 1. The highest BCUT2D eigenvalue weighted by atomic mass is 79.9. The molecule has 2 aromatic rings. The molecule has 1 fully saturated rings. The third-order valence-electron chi connectivity index (χ3n) is 4.46. The van der Waals surface area contributed by atoms with Gasteiger partial charge in [-0.3, -0.25) is 9.69 Å². The highest BCUT2D eigenvalue weighted by Crippen LogP contribution is 2.31. The van der Waals surface area contributed by atoms with E-state index in [4.69, 9.17) is 4.74 Å². The van der Waals surface area contributed by atoms with Crippen molar-refractivity contribution in [3.8, 4) is 5.75 Å². The van der Waals surface area contributed by atoms with Gasteiger partial charge in [0.05, 0.1) is 18.1 Å². The molecular weight excluding hydrogens is 384 g/mol. The number of imide groups is 1. The maximum atomic E-state index is 12.9. The second kappa shape index (κ2) is 6.52. The first-order valence-corrected chi connectivity index (χ1v) is 8.68. The van der Waals surface area contributed by atoms with Crippen LogP contribution in [0.25, 0.3) is 0 Å². The zero-order valence-electron chi connectivity index (χ0n) is 14.3. The standard InChI is InChI=1S/C19H19BrN2O3/c1-12-4-7-14(8-5-12)19(2)17(23)22(18(24)21-19)11-13-6-9-16(25-3)15(20)10-13/h4-10H,11H2,1-3H3,(H,21,24). The number of halogens is 1. The average molecular weight is 403 g/mol. The molecule has 6 heteroatoms. The quantitative estimate of drug-likeness (QED) is 0.792. The highest BCUT2D eigenvalue weighted by molar-refractivity contribution is 9.10. The maximum absolute atomic E-state index is 12.9. The van der Waals surface area contributed by atoms with Gasteiger partial charge in [0.15, 0.2) is 0 Å². The number of benzene rings is 2. The molecule has 3 amide bonds. The third kappa shape index (κ3) is 3.14. The van der Waals surface area contributed by atoms with Crippen LogP contribution >= 0.6 is 15.9 Å². The highest BCUT2D eigenvalue weighted by Gasteiger charge is 2.48. The van der Waals surface area contributed by atoms with Crippen molar-refractivity contribution in [2.45, 2.75) is 25.9 Å². The van der Waals surface area contributed by atoms with Gasteiger partial charge in [-0.2, -0.15) is 0 Å². The number of nitrogens with one attached hydrogen (secondary N) is 1. The normalized spacial score (nSPS) is 19.9. The van der Waals surface area contributed by atoms with Gasteiger partial charge in [-0.25, -0.2) is 4.79 Å². The first-order valence-electron chi connectivity index (χ1n) is 7.89. The Balaban J connectivity index is 1.86. The van der Waals surface area contributed by atoms with E-state index in [1.54, 1.807) is 20.1 Å². The zero-order valence-corrected chi connectivity index (χ0v) is 15.9. The second-order valence-corrected chi connectivity index (χ2v) is 7.14. The fourth-order valence-electron chi connectivity index (χ4n) is 2.91. The molecule has 1 aliphatic heterocycles. The van der Waals surface area contributed by atoms with Crippen molar-refractivity contribution in [2.75, 3.05) is 7.11 Å². The van der Waals surface area contributed by atoms with Crippen LogP contribution in [0.1, 0.15) is 23.6 Å². The molecule has 3 rings (SSSR count). The summed E-state index contributed by atoms with van der Waals surface area (Å²) in [5.74, 6) is 0.443. The van der Waals surface area contributed by atoms with Crippen molar-refractivity contribution in [3.63, 3.8) is 0 Å². The smallest absolute Gasteiger partial charge is 0.325 e. The van der Waals surface area contributed by atoms with Crippen LogP contribution in [0.4, 0.5) is 4.79 Å². The fourth-order valence-corrected chi connectivity index (χ4v) is 3.50. The fraction of sp³-hybridized carbons (Fsp3) is 0.263. The van der Waals surface area contributed by atoms with Gasteiger partial charge in [-0.05, 0) is 53.0 Å². The maximum Gasteiger partial charge on any atom is 0.325 e. The Kier molecular flexibility index (Phi) is 4.56. The molecule has 2 aromatic carbocycles.